The van der Waals surface area contributed by atoms with E-state index in [0.29, 0.717) is 17.0 Å². The Kier molecular flexibility index (Phi) is 4.86. The summed E-state index contributed by atoms with van der Waals surface area (Å²) < 4.78 is 40.5. The maximum atomic E-state index is 12.2. The molecule has 0 bridgehead atoms. The minimum Gasteiger partial charge on any atom is -0.406 e. The van der Waals surface area contributed by atoms with E-state index in [-0.39, 0.29) is 10.6 Å². The van der Waals surface area contributed by atoms with Crippen molar-refractivity contribution in [3.05, 3.63) is 35.5 Å². The summed E-state index contributed by atoms with van der Waals surface area (Å²) in [7, 11) is 1.68. The van der Waals surface area contributed by atoms with Crippen molar-refractivity contribution in [3.8, 4) is 5.75 Å². The summed E-state index contributed by atoms with van der Waals surface area (Å²) in [5.41, 5.74) is -0.685. The average molecular weight is 414 g/mol. The summed E-state index contributed by atoms with van der Waals surface area (Å²) in [5.74, 6) is -0.342. The van der Waals surface area contributed by atoms with Gasteiger partial charge in [0.2, 0.25) is 0 Å². The zero-order chi connectivity index (χ0) is 17.4. The number of hydrogen-bond acceptors (Lipinski definition) is 4. The number of nitrogens with zero attached hydrogens (tertiary/aromatic N) is 2. The maximum absolute atomic E-state index is 12.2. The van der Waals surface area contributed by atoms with Gasteiger partial charge in [0.15, 0.2) is 11.8 Å². The number of hydrazine groups is 1. The van der Waals surface area contributed by atoms with Gasteiger partial charge >= 0.3 is 6.36 Å². The van der Waals surface area contributed by atoms with Gasteiger partial charge in [-0.05, 0) is 31.2 Å². The van der Waals surface area contributed by atoms with Crippen molar-refractivity contribution in [2.24, 2.45) is 0 Å². The summed E-state index contributed by atoms with van der Waals surface area (Å²) >= 11 is 9.61. The van der Waals surface area contributed by atoms with Crippen LogP contribution in [0.25, 0.3) is 0 Å². The molecule has 126 valence electrons. The minimum absolute atomic E-state index is 0.301. The molecule has 0 amide bonds. The van der Waals surface area contributed by atoms with Gasteiger partial charge < -0.3 is 9.53 Å². The number of aldehydes is 1. The molecule has 0 N–H and O–H groups in total. The van der Waals surface area contributed by atoms with Crippen molar-refractivity contribution < 1.29 is 22.7 Å². The van der Waals surface area contributed by atoms with Gasteiger partial charge in [-0.25, -0.2) is 0 Å². The standard InChI is InChI=1S/C14H13BrClF3N2O2/c1-9(15)13(8-22)12(16)7-20(2)21(13)10-3-5-11(6-4-10)23-14(17,18)19/h3-9H,1-2H3. The van der Waals surface area contributed by atoms with E-state index in [1.165, 1.54) is 24.3 Å². The number of alkyl halides is 4. The Balaban J connectivity index is 2.38. The fourth-order valence-corrected chi connectivity index (χ4v) is 3.54. The Morgan fingerprint density at radius 2 is 1.91 bits per heavy atom. The third-order valence-corrected chi connectivity index (χ3v) is 4.55. The highest BCUT2D eigenvalue weighted by molar-refractivity contribution is 9.09. The van der Waals surface area contributed by atoms with Crippen LogP contribution in [-0.2, 0) is 4.79 Å². The third kappa shape index (κ3) is 3.28. The van der Waals surface area contributed by atoms with Crippen LogP contribution in [0.15, 0.2) is 35.5 Å². The molecule has 4 nitrogen and oxygen atoms in total. The second-order valence-electron chi connectivity index (χ2n) is 4.96. The molecule has 0 spiro atoms. The van der Waals surface area contributed by atoms with Crippen molar-refractivity contribution in [2.75, 3.05) is 12.1 Å². The largest absolute Gasteiger partial charge is 0.573 e. The van der Waals surface area contributed by atoms with E-state index in [1.807, 2.05) is 0 Å². The molecule has 23 heavy (non-hydrogen) atoms. The molecule has 0 saturated heterocycles. The first kappa shape index (κ1) is 17.9. The second-order valence-corrected chi connectivity index (χ2v) is 6.74. The van der Waals surface area contributed by atoms with Crippen LogP contribution in [0.5, 0.6) is 5.75 Å². The molecular weight excluding hydrogens is 401 g/mol. The van der Waals surface area contributed by atoms with Crippen LogP contribution in [0, 0.1) is 0 Å². The lowest BCUT2D eigenvalue weighted by Gasteiger charge is -2.41. The van der Waals surface area contributed by atoms with Crippen molar-refractivity contribution in [2.45, 2.75) is 23.7 Å². The minimum atomic E-state index is -4.76. The molecule has 1 aliphatic heterocycles. The van der Waals surface area contributed by atoms with Gasteiger partial charge in [0.1, 0.15) is 5.75 Å². The molecule has 1 aliphatic rings. The predicted molar refractivity (Wildman–Crippen MR) is 84.5 cm³/mol. The van der Waals surface area contributed by atoms with E-state index in [2.05, 4.69) is 20.7 Å². The Labute approximate surface area is 144 Å². The quantitative estimate of drug-likeness (QED) is 0.551. The highest BCUT2D eigenvalue weighted by Gasteiger charge is 2.50. The zero-order valence-corrected chi connectivity index (χ0v) is 14.5. The van der Waals surface area contributed by atoms with Gasteiger partial charge in [0, 0.05) is 18.1 Å². The Morgan fingerprint density at radius 1 is 1.35 bits per heavy atom. The number of rotatable bonds is 4. The van der Waals surface area contributed by atoms with E-state index in [4.69, 9.17) is 11.6 Å². The Morgan fingerprint density at radius 3 is 2.35 bits per heavy atom. The summed E-state index contributed by atoms with van der Waals surface area (Å²) in [4.78, 5) is 11.4. The number of anilines is 1. The number of ether oxygens (including phenoxy) is 1. The van der Waals surface area contributed by atoms with E-state index in [9.17, 15) is 18.0 Å². The Bertz CT molecular complexity index is 621. The normalized spacial score (nSPS) is 22.8. The molecule has 1 aromatic rings. The Hall–Kier alpha value is -1.41. The number of carbonyl (C=O) groups is 1. The topological polar surface area (TPSA) is 32.8 Å². The van der Waals surface area contributed by atoms with E-state index >= 15 is 0 Å². The molecule has 9 heteroatoms. The van der Waals surface area contributed by atoms with Gasteiger partial charge in [0.25, 0.3) is 0 Å². The lowest BCUT2D eigenvalue weighted by Crippen LogP contribution is -2.56. The van der Waals surface area contributed by atoms with Crippen LogP contribution >= 0.6 is 27.5 Å². The van der Waals surface area contributed by atoms with E-state index in [1.54, 1.807) is 30.2 Å². The van der Waals surface area contributed by atoms with Crippen molar-refractivity contribution in [1.82, 2.24) is 5.01 Å². The maximum Gasteiger partial charge on any atom is 0.573 e. The van der Waals surface area contributed by atoms with Crippen LogP contribution in [0.4, 0.5) is 18.9 Å². The highest BCUT2D eigenvalue weighted by Crippen LogP contribution is 2.42. The molecule has 0 aromatic heterocycles. The van der Waals surface area contributed by atoms with Crippen LogP contribution in [0.1, 0.15) is 6.92 Å². The average Bonchev–Trinajstić information content (AvgIpc) is 2.69. The van der Waals surface area contributed by atoms with Crippen LogP contribution in [-0.4, -0.2) is 35.1 Å². The van der Waals surface area contributed by atoms with Gasteiger partial charge in [-0.3, -0.25) is 10.0 Å². The number of benzene rings is 1. The first-order valence-corrected chi connectivity index (χ1v) is 7.78. The molecule has 0 radical (unpaired) electrons. The van der Waals surface area contributed by atoms with E-state index < -0.39 is 11.9 Å². The number of carbonyl (C=O) groups excluding carboxylic acids is 1. The summed E-state index contributed by atoms with van der Waals surface area (Å²) in [6, 6.07) is 5.21. The van der Waals surface area contributed by atoms with Gasteiger partial charge in [-0.15, -0.1) is 13.2 Å². The fraction of sp³-hybridized carbons (Fsp3) is 0.357. The first-order chi connectivity index (χ1) is 10.6. The summed E-state index contributed by atoms with van der Waals surface area (Å²) in [6.45, 7) is 1.76. The highest BCUT2D eigenvalue weighted by atomic mass is 79.9. The smallest absolute Gasteiger partial charge is 0.406 e. The molecule has 2 rings (SSSR count). The first-order valence-electron chi connectivity index (χ1n) is 6.49. The van der Waals surface area contributed by atoms with Crippen molar-refractivity contribution in [3.63, 3.8) is 0 Å². The van der Waals surface area contributed by atoms with Crippen LogP contribution in [0.2, 0.25) is 0 Å². The molecule has 1 aromatic carbocycles. The fourth-order valence-electron chi connectivity index (χ4n) is 2.43. The molecule has 0 saturated carbocycles. The molecule has 1 heterocycles. The summed E-state index contributed by atoms with van der Waals surface area (Å²) in [6.07, 6.45) is -2.48. The zero-order valence-electron chi connectivity index (χ0n) is 12.1. The van der Waals surface area contributed by atoms with Gasteiger partial charge in [0.05, 0.1) is 10.7 Å². The van der Waals surface area contributed by atoms with E-state index in [0.717, 1.165) is 0 Å². The monoisotopic (exact) mass is 412 g/mol. The van der Waals surface area contributed by atoms with Gasteiger partial charge in [-0.2, -0.15) is 0 Å². The van der Waals surface area contributed by atoms with Gasteiger partial charge in [-0.1, -0.05) is 27.5 Å². The molecule has 0 aliphatic carbocycles. The lowest BCUT2D eigenvalue weighted by atomic mass is 9.97. The van der Waals surface area contributed by atoms with Crippen LogP contribution in [0.3, 0.4) is 0 Å². The van der Waals surface area contributed by atoms with Crippen molar-refractivity contribution >= 4 is 39.5 Å². The molecule has 2 atom stereocenters. The summed E-state index contributed by atoms with van der Waals surface area (Å²) in [5, 5.41) is 3.50. The second kappa shape index (κ2) is 6.24. The molecular formula is C14H13BrClF3N2O2. The van der Waals surface area contributed by atoms with Crippen LogP contribution < -0.4 is 9.75 Å². The SMILES string of the molecule is CC(Br)C1(C=O)C(Cl)=CN(C)N1c1ccc(OC(F)(F)F)cc1. The number of hydrogen-bond donors (Lipinski definition) is 0. The molecule has 2 unspecified atom stereocenters. The van der Waals surface area contributed by atoms with Crippen molar-refractivity contribution in [1.29, 1.82) is 0 Å². The number of halogens is 5. The lowest BCUT2D eigenvalue weighted by molar-refractivity contribution is -0.274. The molecule has 0 fully saturated rings. The third-order valence-electron chi connectivity index (χ3n) is 3.45. The predicted octanol–water partition coefficient (Wildman–Crippen LogP) is 4.05.